The Morgan fingerprint density at radius 3 is 0.704 bits per heavy atom. The van der Waals surface area contributed by atoms with Crippen LogP contribution in [-0.2, 0) is 66.4 Å². The molecule has 108 heavy (non-hydrogen) atoms. The number of guanidine groups is 4. The minimum atomic E-state index is -2.15. The number of nitrogens with one attached hydrogen (secondary N) is 2. The molecule has 0 saturated carbocycles. The largest absolute Gasteiger partial charge is 0.481 e. The molecule has 2 aromatic rings. The van der Waals surface area contributed by atoms with E-state index in [9.17, 15) is 91.9 Å². The standard InChI is InChI=1S/C36H60O30.C22H30Cl2N10.2C2H4O2/c37-1-7-25-13(43)19(49)31(55-7)62-26-8(2-38)57-33(21(51)15(26)45)64-28-10(4-40)59-35(23(53)17(28)47)66-30-12(6-42)60-36(24(54)18(30)48)65-29-11(5-41)58-34(22(52)16(29)46)63-27-9(3-39)56-32(61-25)20(50)14(27)44;23-15-5-9-17(10-6-15)31-21(27)33-19(25)29-13-3-1-2-4-14-30-20(26)34-22(28)32-18-11-7-16(24)8-12-18;2*1-2(3)4/h7-54H,1-6H2;5-12H,1-4,13-14H2,(H5,25,27,29,31,33)(H5,26,28,30,32,34);2*1H3,(H,3,4)/t7-,8-,9-,10-,11-,12-,13-,14-,15-,16-,17-,18-,19-,20-,21-,22-,23-,24-,25-,26-,27-,28-,29-,30-,31-,32-,33-,34-,35-,36-;;;/m1.../s1. The van der Waals surface area contributed by atoms with Crippen LogP contribution >= 0.6 is 23.2 Å². The molecule has 30 N–H and O–H groups in total. The molecule has 24 rings (SSSR count). The van der Waals surface area contributed by atoms with Crippen molar-refractivity contribution < 1.29 is 169 Å². The van der Waals surface area contributed by atoms with Gasteiger partial charge in [-0.25, -0.2) is 0 Å². The van der Waals surface area contributed by atoms with E-state index >= 15 is 0 Å². The topological polar surface area (TPSA) is 727 Å². The number of halogens is 2. The van der Waals surface area contributed by atoms with Crippen molar-refractivity contribution in [2.75, 3.05) is 63.4 Å². The fourth-order valence-corrected chi connectivity index (χ4v) is 11.9. The number of benzene rings is 2. The second-order valence-corrected chi connectivity index (χ2v) is 25.9. The molecule has 0 unspecified atom stereocenters. The first-order valence-electron chi connectivity index (χ1n) is 33.6. The van der Waals surface area contributed by atoms with Crippen LogP contribution in [0.1, 0.15) is 39.5 Å². The highest BCUT2D eigenvalue weighted by Gasteiger charge is 2.59. The van der Waals surface area contributed by atoms with Gasteiger partial charge in [0.2, 0.25) is 23.8 Å². The van der Waals surface area contributed by atoms with Crippen LogP contribution < -0.4 is 33.6 Å². The first kappa shape index (κ1) is 91.1. The van der Waals surface area contributed by atoms with Crippen LogP contribution in [0, 0.1) is 0 Å². The molecule has 30 atom stereocenters. The smallest absolute Gasteiger partial charge is 0.300 e. The Kier molecular flexibility index (Phi) is 37.0. The van der Waals surface area contributed by atoms with Gasteiger partial charge in [-0.2, -0.15) is 9.98 Å². The Hall–Kier alpha value is -5.76. The van der Waals surface area contributed by atoms with Crippen LogP contribution in [-0.4, -0.2) is 375 Å². The third-order valence-corrected chi connectivity index (χ3v) is 17.5. The van der Waals surface area contributed by atoms with E-state index in [1.807, 2.05) is 0 Å². The molecular weight excluding hydrogens is 1500 g/mol. The molecule has 46 heteroatoms. The second-order valence-electron chi connectivity index (χ2n) is 25.0. The van der Waals surface area contributed by atoms with Gasteiger partial charge in [-0.1, -0.05) is 36.0 Å². The Morgan fingerprint density at radius 1 is 0.343 bits per heavy atom. The number of carboxylic acid groups (broad SMARTS) is 2. The average molecular weight is 1600 g/mol. The van der Waals surface area contributed by atoms with Crippen LogP contribution in [0.4, 0.5) is 11.4 Å². The molecule has 22 heterocycles. The van der Waals surface area contributed by atoms with E-state index in [0.717, 1.165) is 50.9 Å². The molecule has 22 aliphatic heterocycles. The molecule has 22 aliphatic rings. The van der Waals surface area contributed by atoms with E-state index in [0.29, 0.717) is 23.1 Å². The van der Waals surface area contributed by atoms with E-state index in [1.165, 1.54) is 0 Å². The van der Waals surface area contributed by atoms with Crippen molar-refractivity contribution in [2.24, 2.45) is 42.9 Å². The summed E-state index contributed by atoms with van der Waals surface area (Å²) in [5, 5.41) is 218. The van der Waals surface area contributed by atoms with Gasteiger partial charge >= 0.3 is 0 Å². The number of carboxylic acids is 2. The van der Waals surface area contributed by atoms with Crippen LogP contribution in [0.3, 0.4) is 0 Å². The van der Waals surface area contributed by atoms with Crippen molar-refractivity contribution in [3.8, 4) is 0 Å². The van der Waals surface area contributed by atoms with Gasteiger partial charge in [-0.05, 0) is 61.4 Å². The van der Waals surface area contributed by atoms with Crippen LogP contribution in [0.5, 0.6) is 0 Å². The van der Waals surface area contributed by atoms with Crippen molar-refractivity contribution in [1.82, 2.24) is 0 Å². The number of nitrogens with two attached hydrogens (primary N) is 4. The maximum Gasteiger partial charge on any atom is 0.300 e. The predicted octanol–water partition coefficient (Wildman–Crippen LogP) is -9.54. The van der Waals surface area contributed by atoms with E-state index in [1.54, 1.807) is 48.5 Å². The Bertz CT molecular complexity index is 2780. The lowest BCUT2D eigenvalue weighted by Gasteiger charge is -2.50. The number of ether oxygens (including phenoxy) is 12. The molecule has 0 amide bonds. The molecule has 0 radical (unpaired) electrons. The Balaban J connectivity index is 0.000000362. The second kappa shape index (κ2) is 43.9. The highest BCUT2D eigenvalue weighted by atomic mass is 35.5. The number of aliphatic imine (C=N–C) groups is 4. The molecule has 614 valence electrons. The zero-order valence-electron chi connectivity index (χ0n) is 57.9. The number of carbonyl (C=O) groups is 2. The fraction of sp³-hybridized carbons (Fsp3) is 0.710. The van der Waals surface area contributed by atoms with Crippen LogP contribution in [0.25, 0.3) is 0 Å². The molecule has 0 aromatic heterocycles. The van der Waals surface area contributed by atoms with Crippen molar-refractivity contribution in [2.45, 2.75) is 224 Å². The van der Waals surface area contributed by atoms with E-state index in [-0.39, 0.29) is 23.8 Å². The minimum absolute atomic E-state index is 0.124. The number of nitrogens with zero attached hydrogens (tertiary/aromatic N) is 4. The summed E-state index contributed by atoms with van der Waals surface area (Å²) in [6, 6.07) is 14.1. The van der Waals surface area contributed by atoms with Crippen LogP contribution in [0.15, 0.2) is 68.5 Å². The number of aliphatic carboxylic acids is 2. The number of hydrogen-bond acceptors (Lipinski definition) is 34. The Morgan fingerprint density at radius 2 is 0.528 bits per heavy atom. The monoisotopic (exact) mass is 1600 g/mol. The van der Waals surface area contributed by atoms with Gasteiger partial charge < -0.3 is 193 Å². The molecule has 12 bridgehead atoms. The van der Waals surface area contributed by atoms with Crippen molar-refractivity contribution in [3.63, 3.8) is 0 Å². The molecule has 2 aromatic carbocycles. The molecular formula is C62H98Cl2N10O34. The van der Waals surface area contributed by atoms with Gasteiger partial charge in [-0.15, -0.1) is 0 Å². The van der Waals surface area contributed by atoms with Crippen molar-refractivity contribution >= 4 is 70.4 Å². The molecule has 0 aliphatic carbocycles. The minimum Gasteiger partial charge on any atom is -0.481 e. The number of hydrogen-bond donors (Lipinski definition) is 26. The third kappa shape index (κ3) is 25.4. The molecule has 22 saturated heterocycles. The van der Waals surface area contributed by atoms with E-state index < -0.39 is 236 Å². The normalized spacial score (nSPS) is 38.4. The number of aliphatic hydroxyl groups is 18. The molecule has 44 nitrogen and oxygen atoms in total. The summed E-state index contributed by atoms with van der Waals surface area (Å²) >= 11 is 11.7. The van der Waals surface area contributed by atoms with Gasteiger partial charge in [-0.3, -0.25) is 19.6 Å². The first-order chi connectivity index (χ1) is 51.2. The highest BCUT2D eigenvalue weighted by Crippen LogP contribution is 2.38. The van der Waals surface area contributed by atoms with E-state index in [2.05, 4.69) is 30.6 Å². The quantitative estimate of drug-likeness (QED) is 0.0447. The summed E-state index contributed by atoms with van der Waals surface area (Å²) < 4.78 is 67.9. The van der Waals surface area contributed by atoms with Crippen LogP contribution in [0.2, 0.25) is 10.0 Å². The summed E-state index contributed by atoms with van der Waals surface area (Å²) in [7, 11) is 0. The zero-order chi connectivity index (χ0) is 80.0. The fourth-order valence-electron chi connectivity index (χ4n) is 11.6. The Labute approximate surface area is 625 Å². The summed E-state index contributed by atoms with van der Waals surface area (Å²) in [4.78, 5) is 34.5. The number of aliphatic hydroxyl groups excluding tert-OH is 18. The zero-order valence-corrected chi connectivity index (χ0v) is 59.5. The van der Waals surface area contributed by atoms with Crippen molar-refractivity contribution in [3.05, 3.63) is 58.6 Å². The van der Waals surface area contributed by atoms with Gasteiger partial charge in [0.05, 0.1) is 39.6 Å². The molecule has 22 fully saturated rings. The first-order valence-corrected chi connectivity index (χ1v) is 34.4. The molecule has 0 spiro atoms. The van der Waals surface area contributed by atoms with Crippen molar-refractivity contribution in [1.29, 1.82) is 0 Å². The van der Waals surface area contributed by atoms with E-state index in [4.69, 9.17) is 123 Å². The summed E-state index contributed by atoms with van der Waals surface area (Å²) in [5.41, 5.74) is 24.8. The maximum absolute atomic E-state index is 11.2. The van der Waals surface area contributed by atoms with Gasteiger partial charge in [0.1, 0.15) is 146 Å². The lowest BCUT2D eigenvalue weighted by molar-refractivity contribution is -0.404. The number of unbranched alkanes of at least 4 members (excludes halogenated alkanes) is 3. The lowest BCUT2D eigenvalue weighted by atomic mass is 9.94. The SMILES string of the molecule is CC(=O)O.CC(=O)O.NC(=NCCCCCCN=C(N)/N=C(\N)Nc1ccc(Cl)cc1)/N=C(\N)Nc1ccc(Cl)cc1.OC[C@H]1O[C@@H]2O[C@H]3[C@H](O)[C@@H](O)[C@@H](O[C@H]4[C@H](O)[C@@H](O)[C@@H](O[C@H]5[C@H](O)[C@@H](O)[C@@H](O[C@H]6[C@H](O)[C@@H](O)[C@@H](O[C@H]7[C@H](O)[C@@H](O)[C@@H](O[C@H]1[C@H](O)[C@H]2O)O[C@@H]7CO)O[C@@H]6CO)O[C@@H]5CO)O[C@@H]4CO)O[C@@H]3CO. The predicted molar refractivity (Wildman–Crippen MR) is 367 cm³/mol. The summed E-state index contributed by atoms with van der Waals surface area (Å²) in [6.07, 6.45) is -54.8. The van der Waals surface area contributed by atoms with Gasteiger partial charge in [0.25, 0.3) is 11.9 Å². The maximum atomic E-state index is 11.2. The highest BCUT2D eigenvalue weighted by molar-refractivity contribution is 6.31. The number of anilines is 2. The van der Waals surface area contributed by atoms with Gasteiger partial charge in [0, 0.05) is 48.4 Å². The number of rotatable bonds is 15. The third-order valence-electron chi connectivity index (χ3n) is 17.0. The summed E-state index contributed by atoms with van der Waals surface area (Å²) in [6.45, 7) is -2.70. The van der Waals surface area contributed by atoms with Gasteiger partial charge in [0.15, 0.2) is 37.7 Å². The summed E-state index contributed by atoms with van der Waals surface area (Å²) in [5.74, 6) is -1.10. The average Bonchev–Trinajstić information content (AvgIpc) is 0.773. The lowest BCUT2D eigenvalue weighted by Crippen LogP contribution is -2.69.